The highest BCUT2D eigenvalue weighted by Crippen LogP contribution is 2.52. The van der Waals surface area contributed by atoms with E-state index >= 15 is 0 Å². The summed E-state index contributed by atoms with van der Waals surface area (Å²) in [5.74, 6) is 0. The standard InChI is InChI=1S/C17H16Br2O/c1-17(7-2-8-20)15-9-11(18)3-5-13(15)14-6-4-12(19)10-16(14)17/h3-6,9-10,20H,2,7-8H2,1H3. The van der Waals surface area contributed by atoms with Crippen LogP contribution in [0.15, 0.2) is 45.3 Å². The summed E-state index contributed by atoms with van der Waals surface area (Å²) in [6, 6.07) is 13.0. The highest BCUT2D eigenvalue weighted by molar-refractivity contribution is 9.10. The van der Waals surface area contributed by atoms with Crippen LogP contribution >= 0.6 is 31.9 Å². The van der Waals surface area contributed by atoms with Crippen LogP contribution in [-0.2, 0) is 5.41 Å². The van der Waals surface area contributed by atoms with Crippen molar-refractivity contribution in [1.82, 2.24) is 0 Å². The van der Waals surface area contributed by atoms with Gasteiger partial charge in [-0.25, -0.2) is 0 Å². The van der Waals surface area contributed by atoms with Crippen LogP contribution in [-0.4, -0.2) is 11.7 Å². The molecule has 0 heterocycles. The van der Waals surface area contributed by atoms with Gasteiger partial charge < -0.3 is 5.11 Å². The van der Waals surface area contributed by atoms with E-state index in [-0.39, 0.29) is 12.0 Å². The number of aliphatic hydroxyl groups excluding tert-OH is 1. The van der Waals surface area contributed by atoms with Crippen LogP contribution in [0.3, 0.4) is 0 Å². The number of halogens is 2. The lowest BCUT2D eigenvalue weighted by Gasteiger charge is -2.27. The molecular formula is C17H16Br2O. The first-order valence-electron chi connectivity index (χ1n) is 6.77. The lowest BCUT2D eigenvalue weighted by atomic mass is 9.76. The van der Waals surface area contributed by atoms with Crippen LogP contribution < -0.4 is 0 Å². The molecule has 1 N–H and O–H groups in total. The Hall–Kier alpha value is -0.640. The summed E-state index contributed by atoms with van der Waals surface area (Å²) in [6.45, 7) is 2.52. The molecule has 0 saturated carbocycles. The zero-order chi connectivity index (χ0) is 14.3. The first-order valence-corrected chi connectivity index (χ1v) is 8.36. The van der Waals surface area contributed by atoms with Crippen LogP contribution in [0.1, 0.15) is 30.9 Å². The Labute approximate surface area is 136 Å². The summed E-state index contributed by atoms with van der Waals surface area (Å²) in [7, 11) is 0. The van der Waals surface area contributed by atoms with Crippen LogP contribution in [0.5, 0.6) is 0 Å². The summed E-state index contributed by atoms with van der Waals surface area (Å²) in [5.41, 5.74) is 5.31. The maximum absolute atomic E-state index is 9.23. The Morgan fingerprint density at radius 1 is 0.950 bits per heavy atom. The second kappa shape index (κ2) is 5.28. The maximum Gasteiger partial charge on any atom is 0.0431 e. The van der Waals surface area contributed by atoms with Gasteiger partial charge in [-0.1, -0.05) is 50.9 Å². The molecule has 3 rings (SSSR count). The predicted octanol–water partition coefficient (Wildman–Crippen LogP) is 5.27. The van der Waals surface area contributed by atoms with Crippen molar-refractivity contribution >= 4 is 31.9 Å². The van der Waals surface area contributed by atoms with Crippen LogP contribution in [0.25, 0.3) is 11.1 Å². The minimum atomic E-state index is -0.0268. The Bertz CT molecular complexity index is 613. The Balaban J connectivity index is 2.24. The molecule has 1 aliphatic rings. The van der Waals surface area contributed by atoms with Gasteiger partial charge in [-0.2, -0.15) is 0 Å². The summed E-state index contributed by atoms with van der Waals surface area (Å²) in [6.07, 6.45) is 1.77. The molecular weight excluding hydrogens is 380 g/mol. The molecule has 104 valence electrons. The molecule has 0 radical (unpaired) electrons. The van der Waals surface area contributed by atoms with Crippen LogP contribution in [0.4, 0.5) is 0 Å². The van der Waals surface area contributed by atoms with Crippen molar-refractivity contribution in [3.8, 4) is 11.1 Å². The average molecular weight is 396 g/mol. The molecule has 0 atom stereocenters. The molecule has 0 unspecified atom stereocenters. The Kier molecular flexibility index (Phi) is 3.78. The van der Waals surface area contributed by atoms with Crippen molar-refractivity contribution in [1.29, 1.82) is 0 Å². The quantitative estimate of drug-likeness (QED) is 0.750. The molecule has 0 amide bonds. The molecule has 0 aliphatic heterocycles. The highest BCUT2D eigenvalue weighted by Gasteiger charge is 2.38. The van der Waals surface area contributed by atoms with Gasteiger partial charge in [0.15, 0.2) is 0 Å². The normalized spacial score (nSPS) is 15.0. The highest BCUT2D eigenvalue weighted by atomic mass is 79.9. The number of hydrogen-bond acceptors (Lipinski definition) is 1. The fourth-order valence-electron chi connectivity index (χ4n) is 3.26. The van der Waals surface area contributed by atoms with Crippen LogP contribution in [0, 0.1) is 0 Å². The lowest BCUT2D eigenvalue weighted by Crippen LogP contribution is -2.21. The van der Waals surface area contributed by atoms with E-state index < -0.39 is 0 Å². The largest absolute Gasteiger partial charge is 0.396 e. The minimum absolute atomic E-state index is 0.0268. The minimum Gasteiger partial charge on any atom is -0.396 e. The third-order valence-corrected chi connectivity index (χ3v) is 5.26. The molecule has 20 heavy (non-hydrogen) atoms. The molecule has 1 nitrogen and oxygen atoms in total. The monoisotopic (exact) mass is 394 g/mol. The number of hydrogen-bond donors (Lipinski definition) is 1. The number of fused-ring (bicyclic) bond motifs is 3. The van der Waals surface area contributed by atoms with Gasteiger partial charge in [-0.05, 0) is 59.4 Å². The van der Waals surface area contributed by atoms with Crippen molar-refractivity contribution in [3.05, 3.63) is 56.5 Å². The smallest absolute Gasteiger partial charge is 0.0431 e. The number of benzene rings is 2. The molecule has 0 saturated heterocycles. The first-order chi connectivity index (χ1) is 9.56. The predicted molar refractivity (Wildman–Crippen MR) is 90.1 cm³/mol. The van der Waals surface area contributed by atoms with Gasteiger partial charge in [0.05, 0.1) is 0 Å². The average Bonchev–Trinajstić information content (AvgIpc) is 2.67. The van der Waals surface area contributed by atoms with Crippen LogP contribution in [0.2, 0.25) is 0 Å². The third-order valence-electron chi connectivity index (χ3n) is 4.28. The number of rotatable bonds is 3. The van der Waals surface area contributed by atoms with Crippen molar-refractivity contribution in [2.24, 2.45) is 0 Å². The molecule has 0 fully saturated rings. The zero-order valence-corrected chi connectivity index (χ0v) is 14.5. The molecule has 0 aromatic heterocycles. The van der Waals surface area contributed by atoms with Gasteiger partial charge >= 0.3 is 0 Å². The molecule has 2 aromatic rings. The van der Waals surface area contributed by atoms with E-state index in [0.717, 1.165) is 21.8 Å². The molecule has 0 spiro atoms. The number of aliphatic hydroxyl groups is 1. The SMILES string of the molecule is CC1(CCCO)c2cc(Br)ccc2-c2ccc(Br)cc21. The van der Waals surface area contributed by atoms with Gasteiger partial charge in [0.25, 0.3) is 0 Å². The van der Waals surface area contributed by atoms with Crippen molar-refractivity contribution < 1.29 is 5.11 Å². The second-order valence-corrected chi connectivity index (χ2v) is 7.37. The van der Waals surface area contributed by atoms with Crippen molar-refractivity contribution in [3.63, 3.8) is 0 Å². The van der Waals surface area contributed by atoms with Gasteiger partial charge in [-0.15, -0.1) is 0 Å². The fourth-order valence-corrected chi connectivity index (χ4v) is 3.98. The molecule has 0 bridgehead atoms. The molecule has 1 aliphatic carbocycles. The van der Waals surface area contributed by atoms with E-state index in [1.165, 1.54) is 22.3 Å². The Morgan fingerprint density at radius 3 is 1.90 bits per heavy atom. The third kappa shape index (κ3) is 2.16. The van der Waals surface area contributed by atoms with E-state index in [1.807, 2.05) is 0 Å². The lowest BCUT2D eigenvalue weighted by molar-refractivity contribution is 0.273. The van der Waals surface area contributed by atoms with E-state index in [0.29, 0.717) is 0 Å². The fraction of sp³-hybridized carbons (Fsp3) is 0.294. The first kappa shape index (κ1) is 14.3. The molecule has 3 heteroatoms. The van der Waals surface area contributed by atoms with E-state index in [9.17, 15) is 5.11 Å². The summed E-state index contributed by atoms with van der Waals surface area (Å²) in [5, 5.41) is 9.23. The van der Waals surface area contributed by atoms with E-state index in [1.54, 1.807) is 0 Å². The Morgan fingerprint density at radius 2 is 1.45 bits per heavy atom. The second-order valence-electron chi connectivity index (χ2n) is 5.54. The van der Waals surface area contributed by atoms with Gasteiger partial charge in [0.2, 0.25) is 0 Å². The zero-order valence-electron chi connectivity index (χ0n) is 11.3. The van der Waals surface area contributed by atoms with Crippen molar-refractivity contribution in [2.75, 3.05) is 6.61 Å². The summed E-state index contributed by atoms with van der Waals surface area (Å²) >= 11 is 7.17. The van der Waals surface area contributed by atoms with Crippen molar-refractivity contribution in [2.45, 2.75) is 25.2 Å². The topological polar surface area (TPSA) is 20.2 Å². The molecule has 2 aromatic carbocycles. The van der Waals surface area contributed by atoms with Gasteiger partial charge in [0, 0.05) is 21.0 Å². The maximum atomic E-state index is 9.23. The summed E-state index contributed by atoms with van der Waals surface area (Å²) < 4.78 is 2.22. The van der Waals surface area contributed by atoms with Gasteiger partial charge in [-0.3, -0.25) is 0 Å². The van der Waals surface area contributed by atoms with E-state index in [2.05, 4.69) is 75.2 Å². The van der Waals surface area contributed by atoms with E-state index in [4.69, 9.17) is 0 Å². The van der Waals surface area contributed by atoms with Gasteiger partial charge in [0.1, 0.15) is 0 Å². The summed E-state index contributed by atoms with van der Waals surface area (Å²) in [4.78, 5) is 0.